The second-order valence-corrected chi connectivity index (χ2v) is 9.80. The van der Waals surface area contributed by atoms with Crippen LogP contribution in [0.4, 0.5) is 9.59 Å². The van der Waals surface area contributed by atoms with Crippen molar-refractivity contribution in [2.45, 2.75) is 102 Å². The number of rotatable bonds is 10. The number of hydrogen-bond acceptors (Lipinski definition) is 8. The minimum Gasteiger partial charge on any atom is -0.460 e. The molecule has 0 bridgehead atoms. The molecule has 0 saturated heterocycles. The average Bonchev–Trinajstić information content (AvgIpc) is 2.89. The highest BCUT2D eigenvalue weighted by atomic mass is 16.6. The third kappa shape index (κ3) is 10.5. The second-order valence-electron chi connectivity index (χ2n) is 9.80. The van der Waals surface area contributed by atoms with Gasteiger partial charge in [0.2, 0.25) is 0 Å². The van der Waals surface area contributed by atoms with Crippen molar-refractivity contribution >= 4 is 24.1 Å². The molecule has 2 rings (SSSR count). The van der Waals surface area contributed by atoms with Crippen molar-refractivity contribution in [3.8, 4) is 0 Å². The van der Waals surface area contributed by atoms with E-state index in [1.807, 2.05) is 0 Å². The van der Waals surface area contributed by atoms with Gasteiger partial charge in [0.25, 0.3) is 0 Å². The van der Waals surface area contributed by atoms with Crippen LogP contribution in [-0.4, -0.2) is 85.5 Å². The van der Waals surface area contributed by atoms with Gasteiger partial charge in [-0.3, -0.25) is 0 Å². The maximum atomic E-state index is 12.3. The Morgan fingerprint density at radius 1 is 0.667 bits per heavy atom. The molecule has 10 nitrogen and oxygen atoms in total. The highest BCUT2D eigenvalue weighted by molar-refractivity contribution is 5.91. The molecule has 0 N–H and O–H groups in total. The van der Waals surface area contributed by atoms with Gasteiger partial charge in [0.1, 0.15) is 25.4 Å². The molecule has 0 aromatic carbocycles. The van der Waals surface area contributed by atoms with Crippen molar-refractivity contribution < 1.29 is 38.1 Å². The van der Waals surface area contributed by atoms with Gasteiger partial charge >= 0.3 is 24.1 Å². The molecule has 2 atom stereocenters. The van der Waals surface area contributed by atoms with Crippen LogP contribution >= 0.6 is 0 Å². The zero-order valence-electron chi connectivity index (χ0n) is 22.1. The highest BCUT2D eigenvalue weighted by Crippen LogP contribution is 2.22. The Morgan fingerprint density at radius 2 is 1.00 bits per heavy atom. The van der Waals surface area contributed by atoms with Crippen molar-refractivity contribution in [1.29, 1.82) is 0 Å². The third-order valence-corrected chi connectivity index (χ3v) is 6.83. The Hall–Kier alpha value is -2.78. The predicted molar refractivity (Wildman–Crippen MR) is 132 cm³/mol. The summed E-state index contributed by atoms with van der Waals surface area (Å²) in [5.74, 6) is -1.46. The number of amides is 2. The molecular weight excluding hydrogens is 468 g/mol. The molecule has 2 amide bonds. The Kier molecular flexibility index (Phi) is 12.6. The Morgan fingerprint density at radius 3 is 1.33 bits per heavy atom. The first kappa shape index (κ1) is 29.5. The summed E-state index contributed by atoms with van der Waals surface area (Å²) in [6.45, 7) is 3.40. The van der Waals surface area contributed by atoms with Crippen LogP contribution in [-0.2, 0) is 28.5 Å². The summed E-state index contributed by atoms with van der Waals surface area (Å²) in [5, 5.41) is 0. The fourth-order valence-electron chi connectivity index (χ4n) is 4.04. The minimum absolute atomic E-state index is 0.0422. The fraction of sp³-hybridized carbons (Fsp3) is 0.769. The summed E-state index contributed by atoms with van der Waals surface area (Å²) >= 11 is 0. The first-order valence-corrected chi connectivity index (χ1v) is 13.1. The van der Waals surface area contributed by atoms with Gasteiger partial charge in [0, 0.05) is 26.2 Å². The lowest BCUT2D eigenvalue weighted by Crippen LogP contribution is -2.40. The van der Waals surface area contributed by atoms with Crippen LogP contribution in [0.2, 0.25) is 0 Å². The molecule has 0 aromatic heterocycles. The van der Waals surface area contributed by atoms with Crippen LogP contribution in [0.3, 0.4) is 0 Å². The van der Waals surface area contributed by atoms with E-state index < -0.39 is 36.2 Å². The molecule has 0 aromatic rings. The molecule has 204 valence electrons. The van der Waals surface area contributed by atoms with Gasteiger partial charge in [0.15, 0.2) is 0 Å². The first-order chi connectivity index (χ1) is 17.2. The minimum atomic E-state index is -0.728. The van der Waals surface area contributed by atoms with Crippen LogP contribution < -0.4 is 0 Å². The molecule has 10 heteroatoms. The third-order valence-electron chi connectivity index (χ3n) is 6.83. The largest absolute Gasteiger partial charge is 0.460 e. The normalized spacial score (nSPS) is 18.7. The molecule has 2 aliphatic carbocycles. The van der Waals surface area contributed by atoms with E-state index in [1.54, 1.807) is 27.9 Å². The number of carbonyl (C=O) groups excluding carboxylic acids is 4. The van der Waals surface area contributed by atoms with Crippen molar-refractivity contribution in [2.24, 2.45) is 0 Å². The Labute approximate surface area is 214 Å². The van der Waals surface area contributed by atoms with Gasteiger partial charge in [-0.15, -0.1) is 0 Å². The molecule has 0 unspecified atom stereocenters. The summed E-state index contributed by atoms with van der Waals surface area (Å²) in [6, 6.07) is -0.787. The number of esters is 2. The molecular formula is C26H42N2O8. The number of nitrogens with zero attached hydrogens (tertiary/aromatic N) is 2. The Bertz CT molecular complexity index is 697. The van der Waals surface area contributed by atoms with Gasteiger partial charge in [-0.1, -0.05) is 12.8 Å². The van der Waals surface area contributed by atoms with Gasteiger partial charge < -0.3 is 28.7 Å². The van der Waals surface area contributed by atoms with Crippen LogP contribution in [0, 0.1) is 0 Å². The smallest absolute Gasteiger partial charge is 0.410 e. The van der Waals surface area contributed by atoms with Crippen molar-refractivity contribution in [1.82, 2.24) is 9.80 Å². The first-order valence-electron chi connectivity index (χ1n) is 13.1. The number of ether oxygens (including phenoxy) is 4. The standard InChI is InChI=1S/C26H42N2O8/c1-19(27(3)25(31)35-21-11-7-5-8-12-21)17-33-23(29)15-16-24(30)34-18-20(2)28(4)26(32)36-22-13-9-6-10-14-22/h15-16,19-22H,5-14,17-18H2,1-4H3/b16-15+/t19-,20-/m1/s1. The van der Waals surface area contributed by atoms with Gasteiger partial charge in [-0.05, 0) is 65.2 Å². The maximum Gasteiger partial charge on any atom is 0.410 e. The monoisotopic (exact) mass is 510 g/mol. The molecule has 0 heterocycles. The lowest BCUT2D eigenvalue weighted by molar-refractivity contribution is -0.141. The zero-order chi connectivity index (χ0) is 26.5. The average molecular weight is 511 g/mol. The summed E-state index contributed by atoms with van der Waals surface area (Å²) in [4.78, 5) is 51.3. The van der Waals surface area contributed by atoms with E-state index in [9.17, 15) is 19.2 Å². The van der Waals surface area contributed by atoms with Crippen LogP contribution in [0.1, 0.15) is 78.1 Å². The van der Waals surface area contributed by atoms with E-state index in [4.69, 9.17) is 18.9 Å². The van der Waals surface area contributed by atoms with E-state index in [1.165, 1.54) is 22.6 Å². The van der Waals surface area contributed by atoms with Crippen molar-refractivity contribution in [2.75, 3.05) is 27.3 Å². The van der Waals surface area contributed by atoms with Crippen molar-refractivity contribution in [3.63, 3.8) is 0 Å². The molecule has 2 fully saturated rings. The lowest BCUT2D eigenvalue weighted by atomic mass is 9.98. The van der Waals surface area contributed by atoms with Crippen molar-refractivity contribution in [3.05, 3.63) is 12.2 Å². The SMILES string of the molecule is C[C@H](COC(=O)/C=C/C(=O)OC[C@@H](C)N(C)C(=O)OC1CCCCC1)N(C)C(=O)OC1CCCCC1. The van der Waals surface area contributed by atoms with Crippen LogP contribution in [0.25, 0.3) is 0 Å². The molecule has 0 spiro atoms. The summed E-state index contributed by atoms with van der Waals surface area (Å²) < 4.78 is 21.3. The Balaban J connectivity index is 1.64. The van der Waals surface area contributed by atoms with E-state index in [0.29, 0.717) is 0 Å². The maximum absolute atomic E-state index is 12.3. The summed E-state index contributed by atoms with van der Waals surface area (Å²) in [7, 11) is 3.19. The zero-order valence-corrected chi connectivity index (χ0v) is 22.1. The van der Waals surface area contributed by atoms with Crippen LogP contribution in [0.5, 0.6) is 0 Å². The van der Waals surface area contributed by atoms with Gasteiger partial charge in [-0.2, -0.15) is 0 Å². The van der Waals surface area contributed by atoms with E-state index >= 15 is 0 Å². The molecule has 0 aliphatic heterocycles. The summed E-state index contributed by atoms with van der Waals surface area (Å²) in [6.07, 6.45) is 11.1. The summed E-state index contributed by atoms with van der Waals surface area (Å²) in [5.41, 5.74) is 0. The van der Waals surface area contributed by atoms with Gasteiger partial charge in [-0.25, -0.2) is 19.2 Å². The van der Waals surface area contributed by atoms with Crippen LogP contribution in [0.15, 0.2) is 12.2 Å². The molecule has 2 aliphatic rings. The molecule has 0 radical (unpaired) electrons. The van der Waals surface area contributed by atoms with E-state index in [0.717, 1.165) is 63.5 Å². The van der Waals surface area contributed by atoms with E-state index in [-0.39, 0.29) is 25.4 Å². The molecule has 2 saturated carbocycles. The van der Waals surface area contributed by atoms with E-state index in [2.05, 4.69) is 0 Å². The fourth-order valence-corrected chi connectivity index (χ4v) is 4.04. The predicted octanol–water partition coefficient (Wildman–Crippen LogP) is 4.21. The topological polar surface area (TPSA) is 112 Å². The second kappa shape index (κ2) is 15.4. The number of hydrogen-bond donors (Lipinski definition) is 0. The van der Waals surface area contributed by atoms with Gasteiger partial charge in [0.05, 0.1) is 12.1 Å². The highest BCUT2D eigenvalue weighted by Gasteiger charge is 2.25. The quantitative estimate of drug-likeness (QED) is 0.244. The lowest BCUT2D eigenvalue weighted by Gasteiger charge is -2.28. The number of carbonyl (C=O) groups is 4. The molecule has 36 heavy (non-hydrogen) atoms. The number of likely N-dealkylation sites (N-methyl/N-ethyl adjacent to an activating group) is 2.